The Morgan fingerprint density at radius 1 is 1.27 bits per heavy atom. The van der Waals surface area contributed by atoms with E-state index in [0.29, 0.717) is 25.6 Å². The highest BCUT2D eigenvalue weighted by Gasteiger charge is 2.16. The molecule has 2 amide bonds. The SMILES string of the molecule is CCOC(CNC(=O)NCC1CCOCC1)c1ccccc1. The molecule has 0 radical (unpaired) electrons. The number of amides is 2. The summed E-state index contributed by atoms with van der Waals surface area (Å²) in [6, 6.07) is 9.83. The van der Waals surface area contributed by atoms with Gasteiger partial charge in [0.15, 0.2) is 0 Å². The van der Waals surface area contributed by atoms with E-state index in [2.05, 4.69) is 10.6 Å². The molecule has 1 heterocycles. The molecule has 1 aromatic rings. The third kappa shape index (κ3) is 5.66. The van der Waals surface area contributed by atoms with Crippen molar-refractivity contribution in [2.75, 3.05) is 32.9 Å². The number of carbonyl (C=O) groups is 1. The molecule has 1 aliphatic heterocycles. The van der Waals surface area contributed by atoms with Gasteiger partial charge in [0.25, 0.3) is 0 Å². The molecule has 0 spiro atoms. The molecular weight excluding hydrogens is 280 g/mol. The van der Waals surface area contributed by atoms with E-state index in [1.54, 1.807) is 0 Å². The largest absolute Gasteiger partial charge is 0.381 e. The Morgan fingerprint density at radius 3 is 2.68 bits per heavy atom. The van der Waals surface area contributed by atoms with Crippen LogP contribution in [0.2, 0.25) is 0 Å². The number of ether oxygens (including phenoxy) is 2. The van der Waals surface area contributed by atoms with Crippen molar-refractivity contribution in [2.24, 2.45) is 5.92 Å². The van der Waals surface area contributed by atoms with Gasteiger partial charge in [-0.1, -0.05) is 30.3 Å². The second kappa shape index (κ2) is 9.43. The zero-order valence-electron chi connectivity index (χ0n) is 13.2. The molecule has 22 heavy (non-hydrogen) atoms. The topological polar surface area (TPSA) is 59.6 Å². The van der Waals surface area contributed by atoms with Gasteiger partial charge in [0, 0.05) is 32.9 Å². The van der Waals surface area contributed by atoms with Gasteiger partial charge < -0.3 is 20.1 Å². The average Bonchev–Trinajstić information content (AvgIpc) is 2.58. The van der Waals surface area contributed by atoms with Crippen molar-refractivity contribution >= 4 is 6.03 Å². The van der Waals surface area contributed by atoms with Crippen LogP contribution in [0.4, 0.5) is 4.79 Å². The summed E-state index contributed by atoms with van der Waals surface area (Å²) in [5, 5.41) is 5.84. The Morgan fingerprint density at radius 2 is 2.00 bits per heavy atom. The van der Waals surface area contributed by atoms with Crippen LogP contribution in [0.25, 0.3) is 0 Å². The smallest absolute Gasteiger partial charge is 0.314 e. The molecule has 0 aliphatic carbocycles. The van der Waals surface area contributed by atoms with E-state index in [9.17, 15) is 4.79 Å². The Labute approximate surface area is 132 Å². The number of rotatable bonds is 7. The minimum Gasteiger partial charge on any atom is -0.381 e. The van der Waals surface area contributed by atoms with E-state index >= 15 is 0 Å². The van der Waals surface area contributed by atoms with E-state index in [-0.39, 0.29) is 12.1 Å². The minimum atomic E-state index is -0.132. The standard InChI is InChI=1S/C17H26N2O3/c1-2-22-16(15-6-4-3-5-7-15)13-19-17(20)18-12-14-8-10-21-11-9-14/h3-7,14,16H,2,8-13H2,1H3,(H2,18,19,20). The van der Waals surface area contributed by atoms with E-state index in [4.69, 9.17) is 9.47 Å². The monoisotopic (exact) mass is 306 g/mol. The van der Waals surface area contributed by atoms with Gasteiger partial charge in [-0.2, -0.15) is 0 Å². The van der Waals surface area contributed by atoms with Crippen molar-refractivity contribution in [1.29, 1.82) is 0 Å². The quantitative estimate of drug-likeness (QED) is 0.813. The van der Waals surface area contributed by atoms with Crippen LogP contribution in [-0.4, -0.2) is 38.9 Å². The maximum atomic E-state index is 11.9. The summed E-state index contributed by atoms with van der Waals surface area (Å²) >= 11 is 0. The summed E-state index contributed by atoms with van der Waals surface area (Å²) in [6.45, 7) is 5.35. The highest BCUT2D eigenvalue weighted by Crippen LogP contribution is 2.16. The van der Waals surface area contributed by atoms with Gasteiger partial charge in [-0.15, -0.1) is 0 Å². The van der Waals surface area contributed by atoms with E-state index < -0.39 is 0 Å². The lowest BCUT2D eigenvalue weighted by Gasteiger charge is -2.23. The molecule has 0 aromatic heterocycles. The maximum absolute atomic E-state index is 11.9. The summed E-state index contributed by atoms with van der Waals surface area (Å²) in [4.78, 5) is 11.9. The normalized spacial score (nSPS) is 17.0. The fraction of sp³-hybridized carbons (Fsp3) is 0.588. The van der Waals surface area contributed by atoms with Crippen molar-refractivity contribution in [1.82, 2.24) is 10.6 Å². The molecule has 5 nitrogen and oxygen atoms in total. The Hall–Kier alpha value is -1.59. The van der Waals surface area contributed by atoms with Gasteiger partial charge in [-0.25, -0.2) is 4.79 Å². The fourth-order valence-electron chi connectivity index (χ4n) is 2.58. The van der Waals surface area contributed by atoms with Crippen molar-refractivity contribution in [3.8, 4) is 0 Å². The molecule has 1 unspecified atom stereocenters. The van der Waals surface area contributed by atoms with Crippen LogP contribution in [0.3, 0.4) is 0 Å². The van der Waals surface area contributed by atoms with Crippen molar-refractivity contribution < 1.29 is 14.3 Å². The molecule has 1 saturated heterocycles. The third-order valence-electron chi connectivity index (χ3n) is 3.88. The highest BCUT2D eigenvalue weighted by atomic mass is 16.5. The van der Waals surface area contributed by atoms with Crippen LogP contribution in [0, 0.1) is 5.92 Å². The highest BCUT2D eigenvalue weighted by molar-refractivity contribution is 5.73. The third-order valence-corrected chi connectivity index (χ3v) is 3.88. The summed E-state index contributed by atoms with van der Waals surface area (Å²) in [7, 11) is 0. The first-order valence-corrected chi connectivity index (χ1v) is 8.05. The minimum absolute atomic E-state index is 0.111. The second-order valence-corrected chi connectivity index (χ2v) is 5.50. The molecule has 5 heteroatoms. The number of hydrogen-bond acceptors (Lipinski definition) is 3. The molecule has 1 fully saturated rings. The van der Waals surface area contributed by atoms with Gasteiger partial charge >= 0.3 is 6.03 Å². The lowest BCUT2D eigenvalue weighted by molar-refractivity contribution is 0.0626. The summed E-state index contributed by atoms with van der Waals surface area (Å²) in [5.74, 6) is 0.524. The Kier molecular flexibility index (Phi) is 7.19. The summed E-state index contributed by atoms with van der Waals surface area (Å²) in [5.41, 5.74) is 1.08. The number of carbonyl (C=O) groups excluding carboxylic acids is 1. The van der Waals surface area contributed by atoms with Crippen molar-refractivity contribution in [2.45, 2.75) is 25.9 Å². The zero-order chi connectivity index (χ0) is 15.6. The second-order valence-electron chi connectivity index (χ2n) is 5.50. The van der Waals surface area contributed by atoms with Gasteiger partial charge in [0.05, 0.1) is 6.10 Å². The Bertz CT molecular complexity index is 433. The molecule has 122 valence electrons. The van der Waals surface area contributed by atoms with Gasteiger partial charge in [0.2, 0.25) is 0 Å². The molecular formula is C17H26N2O3. The maximum Gasteiger partial charge on any atom is 0.314 e. The molecule has 0 saturated carbocycles. The van der Waals surface area contributed by atoms with Crippen LogP contribution in [0.5, 0.6) is 0 Å². The molecule has 1 aromatic carbocycles. The van der Waals surface area contributed by atoms with E-state index in [0.717, 1.165) is 31.6 Å². The molecule has 2 N–H and O–H groups in total. The number of nitrogens with one attached hydrogen (secondary N) is 2. The van der Waals surface area contributed by atoms with Gasteiger partial charge in [-0.3, -0.25) is 0 Å². The molecule has 2 rings (SSSR count). The predicted molar refractivity (Wildman–Crippen MR) is 85.8 cm³/mol. The molecule has 0 bridgehead atoms. The fourth-order valence-corrected chi connectivity index (χ4v) is 2.58. The Balaban J connectivity index is 1.73. The van der Waals surface area contributed by atoms with Crippen LogP contribution >= 0.6 is 0 Å². The van der Waals surface area contributed by atoms with Crippen LogP contribution < -0.4 is 10.6 Å². The lowest BCUT2D eigenvalue weighted by atomic mass is 10.0. The van der Waals surface area contributed by atoms with Gasteiger partial charge in [-0.05, 0) is 31.2 Å². The predicted octanol–water partition coefficient (Wildman–Crippen LogP) is 2.49. The van der Waals surface area contributed by atoms with Crippen molar-refractivity contribution in [3.05, 3.63) is 35.9 Å². The van der Waals surface area contributed by atoms with Crippen LogP contribution in [-0.2, 0) is 9.47 Å². The van der Waals surface area contributed by atoms with E-state index in [1.165, 1.54) is 0 Å². The average molecular weight is 306 g/mol. The first-order chi connectivity index (χ1) is 10.8. The van der Waals surface area contributed by atoms with Crippen molar-refractivity contribution in [3.63, 3.8) is 0 Å². The number of benzene rings is 1. The van der Waals surface area contributed by atoms with E-state index in [1.807, 2.05) is 37.3 Å². The first-order valence-electron chi connectivity index (χ1n) is 8.05. The zero-order valence-corrected chi connectivity index (χ0v) is 13.2. The van der Waals surface area contributed by atoms with Crippen LogP contribution in [0.1, 0.15) is 31.4 Å². The van der Waals surface area contributed by atoms with Crippen LogP contribution in [0.15, 0.2) is 30.3 Å². The number of hydrogen-bond donors (Lipinski definition) is 2. The lowest BCUT2D eigenvalue weighted by Crippen LogP contribution is -2.41. The molecule has 1 aliphatic rings. The number of urea groups is 1. The molecule has 1 atom stereocenters. The summed E-state index contributed by atoms with van der Waals surface area (Å²) in [6.07, 6.45) is 1.93. The summed E-state index contributed by atoms with van der Waals surface area (Å²) < 4.78 is 11.0. The first kappa shape index (κ1) is 16.8. The van der Waals surface area contributed by atoms with Gasteiger partial charge in [0.1, 0.15) is 0 Å².